The number of likely N-dealkylation sites (tertiary alicyclic amines) is 1. The third-order valence-corrected chi connectivity index (χ3v) is 5.10. The van der Waals surface area contributed by atoms with Crippen molar-refractivity contribution in [3.05, 3.63) is 0 Å². The highest BCUT2D eigenvalue weighted by Crippen LogP contribution is 2.40. The summed E-state index contributed by atoms with van der Waals surface area (Å²) in [6, 6.07) is 0. The van der Waals surface area contributed by atoms with E-state index in [4.69, 9.17) is 0 Å². The molecule has 0 spiro atoms. The van der Waals surface area contributed by atoms with Crippen molar-refractivity contribution in [2.75, 3.05) is 13.1 Å². The fourth-order valence-corrected chi connectivity index (χ4v) is 3.26. The second kappa shape index (κ2) is 4.54. The molecule has 3 nitrogen and oxygen atoms in total. The van der Waals surface area contributed by atoms with Gasteiger partial charge < -0.3 is 10.0 Å². The van der Waals surface area contributed by atoms with Crippen LogP contribution in [0.25, 0.3) is 0 Å². The van der Waals surface area contributed by atoms with Gasteiger partial charge in [-0.3, -0.25) is 4.79 Å². The zero-order valence-electron chi connectivity index (χ0n) is 10.7. The van der Waals surface area contributed by atoms with Crippen LogP contribution >= 0.6 is 15.9 Å². The van der Waals surface area contributed by atoms with Gasteiger partial charge in [0.25, 0.3) is 0 Å². The van der Waals surface area contributed by atoms with E-state index in [1.54, 1.807) is 0 Å². The van der Waals surface area contributed by atoms with Crippen LogP contribution in [0, 0.1) is 5.41 Å². The Morgan fingerprint density at radius 2 is 1.94 bits per heavy atom. The Hall–Kier alpha value is -0.0900. The minimum Gasteiger partial charge on any atom is -0.388 e. The molecule has 0 aromatic carbocycles. The molecule has 1 aliphatic carbocycles. The number of aliphatic hydroxyl groups is 1. The van der Waals surface area contributed by atoms with Crippen LogP contribution in [0.15, 0.2) is 0 Å². The summed E-state index contributed by atoms with van der Waals surface area (Å²) in [6.07, 6.45) is 4.58. The number of carbonyl (C=O) groups is 1. The van der Waals surface area contributed by atoms with Gasteiger partial charge in [-0.05, 0) is 37.5 Å². The van der Waals surface area contributed by atoms with E-state index in [1.165, 1.54) is 0 Å². The lowest BCUT2D eigenvalue weighted by Crippen LogP contribution is -2.47. The van der Waals surface area contributed by atoms with Crippen LogP contribution in [0.4, 0.5) is 0 Å². The highest BCUT2D eigenvalue weighted by molar-refractivity contribution is 9.10. The zero-order valence-corrected chi connectivity index (χ0v) is 12.3. The molecular formula is C13H22BrNO2. The van der Waals surface area contributed by atoms with Crippen LogP contribution in [0.3, 0.4) is 0 Å². The number of carbonyl (C=O) groups excluding carboxylic acids is 1. The molecule has 0 bridgehead atoms. The zero-order chi connectivity index (χ0) is 12.7. The predicted octanol–water partition coefficient (Wildman–Crippen LogP) is 2.31. The molecule has 1 saturated heterocycles. The molecule has 1 saturated carbocycles. The Labute approximate surface area is 112 Å². The summed E-state index contributed by atoms with van der Waals surface area (Å²) in [5.41, 5.74) is -0.304. The number of rotatable bonds is 2. The highest BCUT2D eigenvalue weighted by atomic mass is 79.9. The number of alkyl halides is 1. The number of β-amino-alcohol motifs (C(OH)–C–C–N with tert-alkyl or cyclic N) is 1. The van der Waals surface area contributed by atoms with Gasteiger partial charge in [-0.2, -0.15) is 0 Å². The largest absolute Gasteiger partial charge is 0.388 e. The molecule has 4 heteroatoms. The van der Waals surface area contributed by atoms with Gasteiger partial charge >= 0.3 is 0 Å². The maximum atomic E-state index is 11.8. The Bertz CT molecular complexity index is 307. The maximum absolute atomic E-state index is 11.8. The molecule has 1 atom stereocenters. The van der Waals surface area contributed by atoms with Gasteiger partial charge in [-0.25, -0.2) is 0 Å². The molecule has 2 rings (SSSR count). The Balaban J connectivity index is 1.93. The van der Waals surface area contributed by atoms with Gasteiger partial charge in [0, 0.05) is 13.1 Å². The van der Waals surface area contributed by atoms with Crippen molar-refractivity contribution in [2.45, 2.75) is 56.4 Å². The van der Waals surface area contributed by atoms with E-state index in [-0.39, 0.29) is 10.7 Å². The molecule has 98 valence electrons. The van der Waals surface area contributed by atoms with Crippen molar-refractivity contribution in [1.82, 2.24) is 4.90 Å². The van der Waals surface area contributed by atoms with Crippen molar-refractivity contribution in [3.63, 3.8) is 0 Å². The van der Waals surface area contributed by atoms with Crippen LogP contribution in [-0.2, 0) is 4.79 Å². The topological polar surface area (TPSA) is 40.5 Å². The van der Waals surface area contributed by atoms with Crippen LogP contribution in [0.1, 0.15) is 46.0 Å². The van der Waals surface area contributed by atoms with Crippen molar-refractivity contribution in [2.24, 2.45) is 5.41 Å². The van der Waals surface area contributed by atoms with E-state index in [0.717, 1.165) is 38.6 Å². The second-order valence-electron chi connectivity index (χ2n) is 6.40. The van der Waals surface area contributed by atoms with E-state index < -0.39 is 5.60 Å². The summed E-state index contributed by atoms with van der Waals surface area (Å²) in [4.78, 5) is 13.6. The van der Waals surface area contributed by atoms with Crippen LogP contribution < -0.4 is 0 Å². The van der Waals surface area contributed by atoms with Gasteiger partial charge in [-0.1, -0.05) is 29.8 Å². The maximum Gasteiger partial charge on any atom is 0.236 e. The van der Waals surface area contributed by atoms with Crippen molar-refractivity contribution in [3.8, 4) is 0 Å². The minimum absolute atomic E-state index is 0.0360. The molecule has 1 N–H and O–H groups in total. The molecule has 1 heterocycles. The first-order valence-corrected chi connectivity index (χ1v) is 7.38. The Kier molecular flexibility index (Phi) is 3.56. The summed E-state index contributed by atoms with van der Waals surface area (Å²) in [5, 5.41) is 10.6. The summed E-state index contributed by atoms with van der Waals surface area (Å²) in [7, 11) is 0. The number of hydrogen-bond acceptors (Lipinski definition) is 2. The first-order valence-electron chi connectivity index (χ1n) is 6.47. The Morgan fingerprint density at radius 1 is 1.35 bits per heavy atom. The normalized spacial score (nSPS) is 31.9. The van der Waals surface area contributed by atoms with Crippen molar-refractivity contribution < 1.29 is 9.90 Å². The molecule has 17 heavy (non-hydrogen) atoms. The first-order chi connectivity index (χ1) is 7.81. The summed E-state index contributed by atoms with van der Waals surface area (Å²) < 4.78 is 0. The fraction of sp³-hybridized carbons (Fsp3) is 0.923. The predicted molar refractivity (Wildman–Crippen MR) is 71.1 cm³/mol. The van der Waals surface area contributed by atoms with E-state index in [1.807, 2.05) is 4.90 Å². The van der Waals surface area contributed by atoms with Gasteiger partial charge in [0.05, 0.1) is 10.4 Å². The molecule has 1 amide bonds. The van der Waals surface area contributed by atoms with Crippen molar-refractivity contribution >= 4 is 21.8 Å². The third-order valence-electron chi connectivity index (χ3n) is 4.25. The molecule has 2 fully saturated rings. The molecule has 0 aromatic heterocycles. The van der Waals surface area contributed by atoms with Crippen LogP contribution in [-0.4, -0.2) is 39.4 Å². The quantitative estimate of drug-likeness (QED) is 0.795. The fourth-order valence-electron chi connectivity index (χ4n) is 2.76. The highest BCUT2D eigenvalue weighted by Gasteiger charge is 2.40. The van der Waals surface area contributed by atoms with E-state index in [0.29, 0.717) is 12.0 Å². The molecule has 1 unspecified atom stereocenters. The second-order valence-corrected chi connectivity index (χ2v) is 7.51. The average Bonchev–Trinajstić information content (AvgIpc) is 2.55. The van der Waals surface area contributed by atoms with Gasteiger partial charge in [-0.15, -0.1) is 0 Å². The van der Waals surface area contributed by atoms with Gasteiger partial charge in [0.2, 0.25) is 5.91 Å². The molecule has 1 aliphatic heterocycles. The molecule has 0 radical (unpaired) electrons. The third kappa shape index (κ3) is 3.02. The number of nitrogens with zero attached hydrogens (tertiary/aromatic N) is 1. The van der Waals surface area contributed by atoms with Crippen molar-refractivity contribution in [1.29, 1.82) is 0 Å². The summed E-state index contributed by atoms with van der Waals surface area (Å²) in [5.74, 6) is 0.142. The summed E-state index contributed by atoms with van der Waals surface area (Å²) in [6.45, 7) is 5.80. The number of amides is 1. The monoisotopic (exact) mass is 303 g/mol. The van der Waals surface area contributed by atoms with E-state index in [2.05, 4.69) is 29.8 Å². The molecule has 0 aromatic rings. The average molecular weight is 304 g/mol. The molecular weight excluding hydrogens is 282 g/mol. The summed E-state index contributed by atoms with van der Waals surface area (Å²) >= 11 is 3.37. The number of halogens is 1. The standard InChI is InChI=1S/C13H22BrNO2/c1-12(2)4-6-13(17,7-5-12)9-15-8-3-10(14)11(15)16/h10,17H,3-9H2,1-2H3. The van der Waals surface area contributed by atoms with Gasteiger partial charge in [0.1, 0.15) is 0 Å². The molecule has 2 aliphatic rings. The lowest BCUT2D eigenvalue weighted by Gasteiger charge is -2.41. The van der Waals surface area contributed by atoms with E-state index >= 15 is 0 Å². The van der Waals surface area contributed by atoms with Gasteiger partial charge in [0.15, 0.2) is 0 Å². The smallest absolute Gasteiger partial charge is 0.236 e. The lowest BCUT2D eigenvalue weighted by molar-refractivity contribution is -0.132. The van der Waals surface area contributed by atoms with Crippen LogP contribution in [0.2, 0.25) is 0 Å². The van der Waals surface area contributed by atoms with Crippen LogP contribution in [0.5, 0.6) is 0 Å². The SMILES string of the molecule is CC1(C)CCC(O)(CN2CCC(Br)C2=O)CC1. The number of hydrogen-bond donors (Lipinski definition) is 1. The Morgan fingerprint density at radius 3 is 2.41 bits per heavy atom. The van der Waals surface area contributed by atoms with E-state index in [9.17, 15) is 9.90 Å². The minimum atomic E-state index is -0.651. The lowest BCUT2D eigenvalue weighted by atomic mass is 9.71. The first kappa shape index (κ1) is 13.3.